The Bertz CT molecular complexity index is 1710. The fourth-order valence-corrected chi connectivity index (χ4v) is 6.12. The van der Waals surface area contributed by atoms with E-state index in [4.69, 9.17) is 13.9 Å². The fraction of sp³-hybridized carbons (Fsp3) is 0.312. The van der Waals surface area contributed by atoms with Gasteiger partial charge in [-0.1, -0.05) is 6.07 Å². The summed E-state index contributed by atoms with van der Waals surface area (Å²) in [4.78, 5) is 26.4. The maximum atomic E-state index is 13.6. The number of amides is 2. The van der Waals surface area contributed by atoms with E-state index in [1.807, 2.05) is 0 Å². The molecule has 0 saturated heterocycles. The van der Waals surface area contributed by atoms with Crippen LogP contribution in [-0.2, 0) is 0 Å². The van der Waals surface area contributed by atoms with Crippen LogP contribution < -0.4 is 20.1 Å². The number of benzene rings is 3. The number of methoxy groups -OCH3 is 1. The zero-order valence-corrected chi connectivity index (χ0v) is 23.3. The maximum absolute atomic E-state index is 13.6. The molecule has 1 aromatic heterocycles. The Labute approximate surface area is 244 Å². The summed E-state index contributed by atoms with van der Waals surface area (Å²) in [6.45, 7) is -1.58. The van der Waals surface area contributed by atoms with Crippen LogP contribution in [0.1, 0.15) is 40.0 Å². The van der Waals surface area contributed by atoms with Crippen LogP contribution in [-0.4, -0.2) is 44.8 Å². The third-order valence-electron chi connectivity index (χ3n) is 8.24. The van der Waals surface area contributed by atoms with E-state index in [9.17, 15) is 27.2 Å². The summed E-state index contributed by atoms with van der Waals surface area (Å²) < 4.78 is 70.1. The van der Waals surface area contributed by atoms with Crippen molar-refractivity contribution in [3.63, 3.8) is 0 Å². The van der Waals surface area contributed by atoms with Gasteiger partial charge in [-0.25, -0.2) is 4.39 Å². The standard InChI is InChI=1S/C32H28F4N2O5/c1-37-31(40)28-22-13-21(18-5-8-25(41-2)23(12-18)30(39)38-24-11-16-9-19(24)10-16)26(42-15-32(34,35)36)14-27(22)43-29(28)17-3-6-20(33)7-4-17/h3-8,12-14,16,19,24H,9-11,15H2,1-2H3,(H,37,40)(H,38,39). The second-order valence-corrected chi connectivity index (χ2v) is 11.0. The molecule has 11 heteroatoms. The molecule has 4 aromatic rings. The summed E-state index contributed by atoms with van der Waals surface area (Å²) in [6, 6.07) is 12.8. The van der Waals surface area contributed by atoms with Gasteiger partial charge in [0.1, 0.15) is 28.7 Å². The number of rotatable bonds is 8. The third kappa shape index (κ3) is 5.51. The van der Waals surface area contributed by atoms with Crippen LogP contribution >= 0.6 is 0 Å². The molecule has 3 saturated carbocycles. The molecule has 0 aliphatic heterocycles. The molecule has 2 bridgehead atoms. The molecule has 7 rings (SSSR count). The molecule has 43 heavy (non-hydrogen) atoms. The van der Waals surface area contributed by atoms with Crippen LogP contribution in [0, 0.1) is 17.7 Å². The van der Waals surface area contributed by atoms with Crippen molar-refractivity contribution in [3.8, 4) is 33.9 Å². The fourth-order valence-electron chi connectivity index (χ4n) is 6.12. The molecule has 3 aliphatic carbocycles. The van der Waals surface area contributed by atoms with Crippen LogP contribution in [0.15, 0.2) is 59.0 Å². The second-order valence-electron chi connectivity index (χ2n) is 11.0. The van der Waals surface area contributed by atoms with Crippen molar-refractivity contribution in [2.45, 2.75) is 31.5 Å². The van der Waals surface area contributed by atoms with Crippen molar-refractivity contribution < 1.29 is 41.0 Å². The average molecular weight is 597 g/mol. The molecule has 0 spiro atoms. The Morgan fingerprint density at radius 3 is 2.30 bits per heavy atom. The molecule has 2 amide bonds. The lowest BCUT2D eigenvalue weighted by Crippen LogP contribution is -2.36. The quantitative estimate of drug-likeness (QED) is 0.220. The van der Waals surface area contributed by atoms with Gasteiger partial charge in [-0.2, -0.15) is 13.2 Å². The highest BCUT2D eigenvalue weighted by Crippen LogP contribution is 2.48. The number of halogens is 4. The van der Waals surface area contributed by atoms with Crippen molar-refractivity contribution in [2.75, 3.05) is 20.8 Å². The Morgan fingerprint density at radius 1 is 0.953 bits per heavy atom. The summed E-state index contributed by atoms with van der Waals surface area (Å²) >= 11 is 0. The van der Waals surface area contributed by atoms with Gasteiger partial charge >= 0.3 is 6.18 Å². The lowest BCUT2D eigenvalue weighted by atomic mass is 9.84. The van der Waals surface area contributed by atoms with Crippen LogP contribution in [0.5, 0.6) is 11.5 Å². The smallest absolute Gasteiger partial charge is 0.422 e. The van der Waals surface area contributed by atoms with Crippen molar-refractivity contribution in [3.05, 3.63) is 71.5 Å². The largest absolute Gasteiger partial charge is 0.496 e. The molecular weight excluding hydrogens is 568 g/mol. The van der Waals surface area contributed by atoms with Gasteiger partial charge in [0.25, 0.3) is 11.8 Å². The Morgan fingerprint density at radius 2 is 1.67 bits per heavy atom. The number of alkyl halides is 3. The summed E-state index contributed by atoms with van der Waals surface area (Å²) in [7, 11) is 2.86. The minimum absolute atomic E-state index is 0.0684. The Balaban J connectivity index is 1.49. The number of ether oxygens (including phenoxy) is 2. The zero-order valence-electron chi connectivity index (χ0n) is 23.3. The van der Waals surface area contributed by atoms with E-state index in [0.29, 0.717) is 34.1 Å². The van der Waals surface area contributed by atoms with Crippen molar-refractivity contribution in [1.82, 2.24) is 10.6 Å². The zero-order chi connectivity index (χ0) is 30.5. The first-order chi connectivity index (χ1) is 20.5. The first kappa shape index (κ1) is 28.6. The van der Waals surface area contributed by atoms with E-state index in [2.05, 4.69) is 10.6 Å². The monoisotopic (exact) mass is 596 g/mol. The summed E-state index contributed by atoms with van der Waals surface area (Å²) in [6.07, 6.45) is -1.51. The highest BCUT2D eigenvalue weighted by atomic mass is 19.4. The number of furan rings is 1. The molecule has 3 aromatic carbocycles. The maximum Gasteiger partial charge on any atom is 0.422 e. The van der Waals surface area contributed by atoms with Gasteiger partial charge in [-0.05, 0) is 79.1 Å². The first-order valence-electron chi connectivity index (χ1n) is 13.8. The summed E-state index contributed by atoms with van der Waals surface area (Å²) in [5.41, 5.74) is 1.38. The number of carbonyl (C=O) groups is 2. The predicted octanol–water partition coefficient (Wildman–Crippen LogP) is 6.74. The van der Waals surface area contributed by atoms with E-state index in [1.54, 1.807) is 12.1 Å². The average Bonchev–Trinajstić information content (AvgIpc) is 3.66. The highest BCUT2D eigenvalue weighted by molar-refractivity contribution is 6.12. The van der Waals surface area contributed by atoms with Crippen LogP contribution in [0.4, 0.5) is 17.6 Å². The van der Waals surface area contributed by atoms with E-state index in [1.165, 1.54) is 56.6 Å². The van der Waals surface area contributed by atoms with E-state index in [0.717, 1.165) is 19.3 Å². The van der Waals surface area contributed by atoms with Gasteiger partial charge in [-0.15, -0.1) is 0 Å². The minimum atomic E-state index is -4.63. The first-order valence-corrected chi connectivity index (χ1v) is 13.8. The molecule has 1 unspecified atom stereocenters. The van der Waals surface area contributed by atoms with Gasteiger partial charge in [0.05, 0.1) is 18.2 Å². The van der Waals surface area contributed by atoms with Crippen LogP contribution in [0.3, 0.4) is 0 Å². The number of carbonyl (C=O) groups excluding carboxylic acids is 2. The number of hydrogen-bond donors (Lipinski definition) is 2. The molecule has 1 heterocycles. The molecule has 3 aliphatic rings. The number of hydrogen-bond acceptors (Lipinski definition) is 5. The van der Waals surface area contributed by atoms with Crippen molar-refractivity contribution >= 4 is 22.8 Å². The van der Waals surface area contributed by atoms with Gasteiger partial charge in [-0.3, -0.25) is 9.59 Å². The number of fused-ring (bicyclic) bond motifs is 2. The van der Waals surface area contributed by atoms with Crippen LogP contribution in [0.25, 0.3) is 33.4 Å². The van der Waals surface area contributed by atoms with E-state index >= 15 is 0 Å². The summed E-state index contributed by atoms with van der Waals surface area (Å²) in [5.74, 6) is -0.0194. The Kier molecular flexibility index (Phi) is 7.27. The molecule has 3 fully saturated rings. The SMILES string of the molecule is CNC(=O)c1c(-c2ccc(F)cc2)oc2cc(OCC(F)(F)F)c(-c3ccc(OC)c(C(=O)NC4CC5CC4C5)c3)cc12. The molecule has 224 valence electrons. The summed E-state index contributed by atoms with van der Waals surface area (Å²) in [5, 5.41) is 5.94. The topological polar surface area (TPSA) is 89.8 Å². The van der Waals surface area contributed by atoms with Gasteiger partial charge in [0, 0.05) is 35.7 Å². The molecule has 7 nitrogen and oxygen atoms in total. The van der Waals surface area contributed by atoms with Gasteiger partial charge < -0.3 is 24.5 Å². The predicted molar refractivity (Wildman–Crippen MR) is 151 cm³/mol. The lowest BCUT2D eigenvalue weighted by molar-refractivity contribution is -0.153. The van der Waals surface area contributed by atoms with Crippen LogP contribution in [0.2, 0.25) is 0 Å². The molecule has 0 radical (unpaired) electrons. The minimum Gasteiger partial charge on any atom is -0.496 e. The van der Waals surface area contributed by atoms with Gasteiger partial charge in [0.2, 0.25) is 0 Å². The van der Waals surface area contributed by atoms with E-state index in [-0.39, 0.29) is 45.7 Å². The van der Waals surface area contributed by atoms with Crippen molar-refractivity contribution in [1.29, 1.82) is 0 Å². The number of nitrogens with one attached hydrogen (secondary N) is 2. The Hall–Kier alpha value is -4.54. The highest BCUT2D eigenvalue weighted by Gasteiger charge is 2.45. The van der Waals surface area contributed by atoms with Crippen molar-refractivity contribution in [2.24, 2.45) is 11.8 Å². The van der Waals surface area contributed by atoms with E-state index < -0.39 is 24.5 Å². The second kappa shape index (κ2) is 10.9. The molecule has 1 atom stereocenters. The lowest BCUT2D eigenvalue weighted by Gasteiger charge is -2.25. The van der Waals surface area contributed by atoms with Gasteiger partial charge in [0.15, 0.2) is 6.61 Å². The molecular formula is C32H28F4N2O5. The normalized spacial score (nSPS) is 19.2. The molecule has 2 N–H and O–H groups in total. The third-order valence-corrected chi connectivity index (χ3v) is 8.24.